The van der Waals surface area contributed by atoms with Gasteiger partial charge >= 0.3 is 5.51 Å². The third kappa shape index (κ3) is 3.51. The summed E-state index contributed by atoms with van der Waals surface area (Å²) in [7, 11) is 0. The lowest BCUT2D eigenvalue weighted by Gasteiger charge is -2.07. The third-order valence-corrected chi connectivity index (χ3v) is 3.63. The minimum Gasteiger partial charge on any atom is -0.363 e. The second kappa shape index (κ2) is 5.88. The highest BCUT2D eigenvalue weighted by Crippen LogP contribution is 2.36. The zero-order valence-electron chi connectivity index (χ0n) is 11.1. The molecule has 2 aromatic heterocycles. The van der Waals surface area contributed by atoms with E-state index in [9.17, 15) is 13.2 Å². The Hall–Kier alpha value is -2.22. The van der Waals surface area contributed by atoms with Crippen LogP contribution in [0.3, 0.4) is 0 Å². The van der Waals surface area contributed by atoms with Crippen LogP contribution < -0.4 is 5.32 Å². The Morgan fingerprint density at radius 2 is 1.91 bits per heavy atom. The van der Waals surface area contributed by atoms with Gasteiger partial charge in [0.15, 0.2) is 11.4 Å². The van der Waals surface area contributed by atoms with Crippen molar-refractivity contribution in [3.05, 3.63) is 48.3 Å². The molecule has 3 aromatic rings. The van der Waals surface area contributed by atoms with E-state index in [0.29, 0.717) is 17.9 Å². The number of thioether (sulfide) groups is 1. The van der Waals surface area contributed by atoms with Gasteiger partial charge in [-0.1, -0.05) is 17.3 Å². The lowest BCUT2D eigenvalue weighted by atomic mass is 10.2. The van der Waals surface area contributed by atoms with Crippen LogP contribution in [-0.2, 0) is 6.54 Å². The maximum Gasteiger partial charge on any atom is 0.446 e. The van der Waals surface area contributed by atoms with Crippen LogP contribution in [0, 0.1) is 0 Å². The molecule has 114 valence electrons. The third-order valence-electron chi connectivity index (χ3n) is 2.89. The molecule has 0 unspecified atom stereocenters. The topological polar surface area (TPSA) is 51.0 Å². The number of hydrogen-bond acceptors (Lipinski definition) is 5. The predicted molar refractivity (Wildman–Crippen MR) is 77.5 cm³/mol. The molecule has 0 spiro atoms. The molecule has 1 aromatic carbocycles. The van der Waals surface area contributed by atoms with Crippen LogP contribution in [0.1, 0.15) is 5.56 Å². The molecule has 0 atom stereocenters. The molecule has 0 fully saturated rings. The summed E-state index contributed by atoms with van der Waals surface area (Å²) < 4.78 is 41.9. The van der Waals surface area contributed by atoms with E-state index in [1.165, 1.54) is 12.1 Å². The Balaban J connectivity index is 1.66. The van der Waals surface area contributed by atoms with Crippen LogP contribution in [0.25, 0.3) is 11.0 Å². The lowest BCUT2D eigenvalue weighted by molar-refractivity contribution is -0.0328. The van der Waals surface area contributed by atoms with Crippen molar-refractivity contribution >= 4 is 28.5 Å². The number of nitrogens with one attached hydrogen (secondary N) is 1. The van der Waals surface area contributed by atoms with E-state index < -0.39 is 5.51 Å². The Morgan fingerprint density at radius 1 is 1.14 bits per heavy atom. The molecule has 0 saturated carbocycles. The van der Waals surface area contributed by atoms with E-state index in [1.54, 1.807) is 30.6 Å². The molecule has 0 saturated heterocycles. The van der Waals surface area contributed by atoms with Crippen molar-refractivity contribution < 1.29 is 17.7 Å². The minimum atomic E-state index is -4.27. The quantitative estimate of drug-likeness (QED) is 0.718. The second-order valence-electron chi connectivity index (χ2n) is 4.45. The van der Waals surface area contributed by atoms with Gasteiger partial charge in [0.25, 0.3) is 0 Å². The number of alkyl halides is 3. The number of hydrogen-bond donors (Lipinski definition) is 1. The van der Waals surface area contributed by atoms with E-state index in [4.69, 9.17) is 4.52 Å². The molecule has 0 amide bonds. The van der Waals surface area contributed by atoms with Crippen LogP contribution in [0.4, 0.5) is 19.0 Å². The zero-order chi connectivity index (χ0) is 15.6. The number of halogens is 3. The zero-order valence-corrected chi connectivity index (χ0v) is 11.9. The average Bonchev–Trinajstić information content (AvgIpc) is 2.88. The Bertz CT molecular complexity index is 771. The Kier molecular flexibility index (Phi) is 3.93. The van der Waals surface area contributed by atoms with Gasteiger partial charge < -0.3 is 9.84 Å². The summed E-state index contributed by atoms with van der Waals surface area (Å²) in [5.74, 6) is 0.553. The van der Waals surface area contributed by atoms with Crippen molar-refractivity contribution in [1.29, 1.82) is 0 Å². The summed E-state index contributed by atoms with van der Waals surface area (Å²) >= 11 is -0.129. The lowest BCUT2D eigenvalue weighted by Crippen LogP contribution is -2.01. The Morgan fingerprint density at radius 3 is 2.64 bits per heavy atom. The standard InChI is InChI=1S/C14H10F3N3OS/c15-14(16,17)22-10-3-1-9(2-4-10)7-19-13-11-8-18-6-5-12(11)21-20-13/h1-6,8H,7H2,(H,19,20). The first kappa shape index (κ1) is 14.7. The number of benzene rings is 1. The van der Waals surface area contributed by atoms with Gasteiger partial charge in [0.05, 0.1) is 5.39 Å². The normalized spacial score (nSPS) is 11.8. The molecule has 1 N–H and O–H groups in total. The highest BCUT2D eigenvalue weighted by Gasteiger charge is 2.28. The summed E-state index contributed by atoms with van der Waals surface area (Å²) in [5.41, 5.74) is -2.81. The molecule has 8 heteroatoms. The fourth-order valence-electron chi connectivity index (χ4n) is 1.91. The number of nitrogens with zero attached hydrogens (tertiary/aromatic N) is 2. The monoisotopic (exact) mass is 325 g/mol. The number of rotatable bonds is 4. The number of anilines is 1. The molecule has 2 heterocycles. The number of pyridine rings is 1. The molecule has 3 rings (SSSR count). The molecule has 0 radical (unpaired) electrons. The molecule has 0 bridgehead atoms. The van der Waals surface area contributed by atoms with Crippen LogP contribution in [0.5, 0.6) is 0 Å². The summed E-state index contributed by atoms with van der Waals surface area (Å²) in [6, 6.07) is 7.87. The first-order valence-electron chi connectivity index (χ1n) is 6.29. The maximum absolute atomic E-state index is 12.3. The van der Waals surface area contributed by atoms with Gasteiger partial charge in [-0.15, -0.1) is 0 Å². The van der Waals surface area contributed by atoms with Crippen molar-refractivity contribution in [2.45, 2.75) is 16.9 Å². The van der Waals surface area contributed by atoms with Gasteiger partial charge in [0.1, 0.15) is 0 Å². The summed E-state index contributed by atoms with van der Waals surface area (Å²) in [6.45, 7) is 0.424. The van der Waals surface area contributed by atoms with Gasteiger partial charge in [-0.2, -0.15) is 13.2 Å². The molecular formula is C14H10F3N3OS. The van der Waals surface area contributed by atoms with Crippen LogP contribution in [0.15, 0.2) is 52.1 Å². The van der Waals surface area contributed by atoms with E-state index in [-0.39, 0.29) is 16.7 Å². The highest BCUT2D eigenvalue weighted by molar-refractivity contribution is 8.00. The van der Waals surface area contributed by atoms with E-state index >= 15 is 0 Å². The summed E-state index contributed by atoms with van der Waals surface area (Å²) in [6.07, 6.45) is 3.24. The highest BCUT2D eigenvalue weighted by atomic mass is 32.2. The first-order valence-corrected chi connectivity index (χ1v) is 7.11. The number of aromatic nitrogens is 2. The maximum atomic E-state index is 12.3. The van der Waals surface area contributed by atoms with Gasteiger partial charge in [0, 0.05) is 29.9 Å². The predicted octanol–water partition coefficient (Wildman–Crippen LogP) is 4.45. The van der Waals surface area contributed by atoms with Crippen LogP contribution in [-0.4, -0.2) is 15.6 Å². The van der Waals surface area contributed by atoms with Crippen LogP contribution >= 0.6 is 11.8 Å². The van der Waals surface area contributed by atoms with Gasteiger partial charge in [0.2, 0.25) is 0 Å². The fraction of sp³-hybridized carbons (Fsp3) is 0.143. The SMILES string of the molecule is FC(F)(F)Sc1ccc(CNc2noc3ccncc23)cc1. The largest absolute Gasteiger partial charge is 0.446 e. The van der Waals surface area contributed by atoms with E-state index in [2.05, 4.69) is 15.5 Å². The molecule has 4 nitrogen and oxygen atoms in total. The smallest absolute Gasteiger partial charge is 0.363 e. The van der Waals surface area contributed by atoms with Crippen molar-refractivity contribution in [1.82, 2.24) is 10.1 Å². The van der Waals surface area contributed by atoms with Gasteiger partial charge in [-0.25, -0.2) is 0 Å². The molecule has 0 aliphatic rings. The summed E-state index contributed by atoms with van der Waals surface area (Å²) in [5, 5.41) is 7.73. The van der Waals surface area contributed by atoms with Gasteiger partial charge in [-0.3, -0.25) is 4.98 Å². The van der Waals surface area contributed by atoms with E-state index in [0.717, 1.165) is 10.9 Å². The Labute approximate surface area is 127 Å². The van der Waals surface area contributed by atoms with Crippen molar-refractivity contribution in [3.63, 3.8) is 0 Å². The van der Waals surface area contributed by atoms with Crippen molar-refractivity contribution in [2.75, 3.05) is 5.32 Å². The average molecular weight is 325 g/mol. The number of fused-ring (bicyclic) bond motifs is 1. The molecule has 0 aliphatic carbocycles. The first-order chi connectivity index (χ1) is 10.5. The van der Waals surface area contributed by atoms with E-state index in [1.807, 2.05) is 0 Å². The molecule has 22 heavy (non-hydrogen) atoms. The summed E-state index contributed by atoms with van der Waals surface area (Å²) in [4.78, 5) is 4.16. The minimum absolute atomic E-state index is 0.129. The van der Waals surface area contributed by atoms with Crippen LogP contribution in [0.2, 0.25) is 0 Å². The molecule has 0 aliphatic heterocycles. The van der Waals surface area contributed by atoms with Gasteiger partial charge in [-0.05, 0) is 29.5 Å². The molecular weight excluding hydrogens is 315 g/mol. The second-order valence-corrected chi connectivity index (χ2v) is 5.59. The fourth-order valence-corrected chi connectivity index (χ4v) is 2.44. The van der Waals surface area contributed by atoms with Crippen molar-refractivity contribution in [2.24, 2.45) is 0 Å². The van der Waals surface area contributed by atoms with Crippen molar-refractivity contribution in [3.8, 4) is 0 Å².